The van der Waals surface area contributed by atoms with E-state index in [9.17, 15) is 0 Å². The zero-order valence-corrected chi connectivity index (χ0v) is 8.47. The van der Waals surface area contributed by atoms with Crippen LogP contribution in [-0.2, 0) is 0 Å². The highest BCUT2D eigenvalue weighted by Crippen LogP contribution is 1.38. The van der Waals surface area contributed by atoms with E-state index in [4.69, 9.17) is 14.4 Å². The molecule has 0 aromatic carbocycles. The lowest BCUT2D eigenvalue weighted by atomic mass is 10.8. The molecule has 6 amide bonds. The molecular weight excluding hydrogens is 204 g/mol. The average Bonchev–Trinajstić information content (AvgIpc) is 1.81. The van der Waals surface area contributed by atoms with Gasteiger partial charge in [0.15, 0.2) is 0 Å². The second kappa shape index (κ2) is 22.6. The van der Waals surface area contributed by atoms with Gasteiger partial charge in [0.1, 0.15) is 0 Å². The fraction of sp³-hybridized carbons (Fsp3) is 0.167. The van der Waals surface area contributed by atoms with Crippen LogP contribution in [0.25, 0.3) is 0 Å². The number of hydrogen-bond acceptors (Lipinski definition) is 3. The third-order valence-electron chi connectivity index (χ3n) is 0. The number of amides is 6. The molecule has 15 heavy (non-hydrogen) atoms. The average molecular weight is 222 g/mol. The smallest absolute Gasteiger partial charge is 0.309 e. The Hall–Kier alpha value is -2.45. The molecule has 0 aliphatic heterocycles. The van der Waals surface area contributed by atoms with E-state index in [-0.39, 0.29) is 0 Å². The number of hydrogen-bond donors (Lipinski definition) is 6. The number of rotatable bonds is 0. The van der Waals surface area contributed by atoms with Crippen molar-refractivity contribution in [3.8, 4) is 0 Å². The molecule has 0 aromatic heterocycles. The van der Waals surface area contributed by atoms with Gasteiger partial charge in [0.25, 0.3) is 0 Å². The Morgan fingerprint density at radius 2 is 0.800 bits per heavy atom. The summed E-state index contributed by atoms with van der Waals surface area (Å²) >= 11 is 0. The van der Waals surface area contributed by atoms with E-state index in [1.54, 1.807) is 6.08 Å². The van der Waals surface area contributed by atoms with Crippen molar-refractivity contribution < 1.29 is 14.4 Å². The highest BCUT2D eigenvalue weighted by atomic mass is 16.2. The molecule has 0 saturated heterocycles. The van der Waals surface area contributed by atoms with Gasteiger partial charge in [0, 0.05) is 0 Å². The molecule has 0 spiro atoms. The number of nitrogens with two attached hydrogens (primary N) is 6. The standard InChI is InChI=1S/C3H6.3CH4N2O/c1-3-2;3*2-1(3)4/h3H,1H2,2H3;3*(H4,2,3,4). The molecule has 9 heteroatoms. The quantitative estimate of drug-likeness (QED) is 0.264. The van der Waals surface area contributed by atoms with Crippen LogP contribution in [-0.4, -0.2) is 18.1 Å². The van der Waals surface area contributed by atoms with Gasteiger partial charge in [-0.2, -0.15) is 0 Å². The normalized spacial score (nSPS) is 5.67. The Morgan fingerprint density at radius 3 is 0.800 bits per heavy atom. The Kier molecular flexibility index (Phi) is 34.4. The van der Waals surface area contributed by atoms with E-state index in [2.05, 4.69) is 41.0 Å². The minimum absolute atomic E-state index is 0.833. The molecule has 90 valence electrons. The summed E-state index contributed by atoms with van der Waals surface area (Å²) in [7, 11) is 0. The van der Waals surface area contributed by atoms with Gasteiger partial charge in [-0.1, -0.05) is 6.08 Å². The molecule has 0 atom stereocenters. The second-order valence-electron chi connectivity index (χ2n) is 1.62. The molecule has 0 bridgehead atoms. The molecule has 0 radical (unpaired) electrons. The van der Waals surface area contributed by atoms with Gasteiger partial charge in [-0.05, 0) is 6.92 Å². The molecule has 0 aromatic rings. The number of carbonyl (C=O) groups is 3. The Bertz CT molecular complexity index is 153. The molecule has 9 nitrogen and oxygen atoms in total. The maximum Gasteiger partial charge on any atom is 0.309 e. The van der Waals surface area contributed by atoms with Crippen molar-refractivity contribution in [1.29, 1.82) is 0 Å². The molecular formula is C6H18N6O3. The molecule has 0 rings (SSSR count). The summed E-state index contributed by atoms with van der Waals surface area (Å²) in [6, 6.07) is -2.50. The fourth-order valence-electron chi connectivity index (χ4n) is 0. The minimum atomic E-state index is -0.833. The maximum absolute atomic E-state index is 9.00. The molecule has 0 unspecified atom stereocenters. The summed E-state index contributed by atoms with van der Waals surface area (Å²) in [5.74, 6) is 0. The van der Waals surface area contributed by atoms with Crippen LogP contribution in [0, 0.1) is 0 Å². The Labute approximate surface area is 87.4 Å². The lowest BCUT2D eigenvalue weighted by molar-refractivity contribution is 0.255. The summed E-state index contributed by atoms with van der Waals surface area (Å²) in [6.45, 7) is 5.25. The fourth-order valence-corrected chi connectivity index (χ4v) is 0. The lowest BCUT2D eigenvalue weighted by Gasteiger charge is -1.62. The van der Waals surface area contributed by atoms with Crippen molar-refractivity contribution in [3.63, 3.8) is 0 Å². The molecule has 0 heterocycles. The number of urea groups is 3. The Balaban J connectivity index is -0.0000000542. The first-order chi connectivity index (χ1) is 6.61. The van der Waals surface area contributed by atoms with E-state index in [0.717, 1.165) is 0 Å². The lowest BCUT2D eigenvalue weighted by Crippen LogP contribution is -2.18. The molecule has 0 aliphatic carbocycles. The van der Waals surface area contributed by atoms with Gasteiger partial charge in [0.05, 0.1) is 0 Å². The summed E-state index contributed by atoms with van der Waals surface area (Å²) in [4.78, 5) is 27.0. The third kappa shape index (κ3) is 175. The first kappa shape index (κ1) is 22.9. The van der Waals surface area contributed by atoms with Crippen LogP contribution in [0.4, 0.5) is 14.4 Å². The number of carbonyl (C=O) groups excluding carboxylic acids is 3. The highest BCUT2D eigenvalue weighted by molar-refractivity contribution is 5.69. The third-order valence-corrected chi connectivity index (χ3v) is 0. The summed E-state index contributed by atoms with van der Waals surface area (Å²) in [5, 5.41) is 0. The first-order valence-corrected chi connectivity index (χ1v) is 3.33. The summed E-state index contributed by atoms with van der Waals surface area (Å²) in [5.41, 5.74) is 25.5. The molecule has 0 fully saturated rings. The first-order valence-electron chi connectivity index (χ1n) is 3.33. The molecule has 12 N–H and O–H groups in total. The van der Waals surface area contributed by atoms with E-state index in [1.807, 2.05) is 6.92 Å². The van der Waals surface area contributed by atoms with Crippen molar-refractivity contribution in [2.75, 3.05) is 0 Å². The summed E-state index contributed by atoms with van der Waals surface area (Å²) < 4.78 is 0. The predicted octanol–water partition coefficient (Wildman–Crippen LogP) is -1.74. The maximum atomic E-state index is 9.00. The second-order valence-corrected chi connectivity index (χ2v) is 1.62. The van der Waals surface area contributed by atoms with E-state index in [0.29, 0.717) is 0 Å². The van der Waals surface area contributed by atoms with Crippen molar-refractivity contribution in [1.82, 2.24) is 0 Å². The van der Waals surface area contributed by atoms with E-state index < -0.39 is 18.1 Å². The van der Waals surface area contributed by atoms with Crippen molar-refractivity contribution in [2.45, 2.75) is 6.92 Å². The van der Waals surface area contributed by atoms with Crippen molar-refractivity contribution >= 4 is 18.1 Å². The van der Waals surface area contributed by atoms with Gasteiger partial charge in [-0.15, -0.1) is 6.58 Å². The predicted molar refractivity (Wildman–Crippen MR) is 57.2 cm³/mol. The van der Waals surface area contributed by atoms with Crippen molar-refractivity contribution in [2.24, 2.45) is 34.4 Å². The zero-order chi connectivity index (χ0) is 13.4. The Morgan fingerprint density at radius 1 is 0.800 bits per heavy atom. The number of primary amides is 6. The molecule has 0 aliphatic rings. The van der Waals surface area contributed by atoms with Crippen LogP contribution in [0.2, 0.25) is 0 Å². The topological polar surface area (TPSA) is 207 Å². The van der Waals surface area contributed by atoms with Crippen LogP contribution < -0.4 is 34.4 Å². The van der Waals surface area contributed by atoms with Crippen molar-refractivity contribution in [3.05, 3.63) is 12.7 Å². The van der Waals surface area contributed by atoms with Gasteiger partial charge in [0.2, 0.25) is 0 Å². The van der Waals surface area contributed by atoms with Gasteiger partial charge < -0.3 is 34.4 Å². The largest absolute Gasteiger partial charge is 0.352 e. The minimum Gasteiger partial charge on any atom is -0.352 e. The monoisotopic (exact) mass is 222 g/mol. The van der Waals surface area contributed by atoms with Gasteiger partial charge in [-0.3, -0.25) is 0 Å². The van der Waals surface area contributed by atoms with Crippen LogP contribution in [0.5, 0.6) is 0 Å². The molecule has 0 saturated carbocycles. The zero-order valence-electron chi connectivity index (χ0n) is 8.47. The van der Waals surface area contributed by atoms with Crippen LogP contribution in [0.3, 0.4) is 0 Å². The van der Waals surface area contributed by atoms with E-state index in [1.165, 1.54) is 0 Å². The van der Waals surface area contributed by atoms with E-state index >= 15 is 0 Å². The van der Waals surface area contributed by atoms with Gasteiger partial charge in [-0.25, -0.2) is 14.4 Å². The highest BCUT2D eigenvalue weighted by Gasteiger charge is 1.61. The number of allylic oxidation sites excluding steroid dienone is 1. The van der Waals surface area contributed by atoms with Crippen LogP contribution >= 0.6 is 0 Å². The SMILES string of the molecule is C=CC.NC(N)=O.NC(N)=O.NC(N)=O. The van der Waals surface area contributed by atoms with Crippen LogP contribution in [0.15, 0.2) is 12.7 Å². The van der Waals surface area contributed by atoms with Crippen LogP contribution in [0.1, 0.15) is 6.92 Å². The van der Waals surface area contributed by atoms with Gasteiger partial charge >= 0.3 is 18.1 Å². The summed E-state index contributed by atoms with van der Waals surface area (Å²) in [6.07, 6.45) is 1.75.